The van der Waals surface area contributed by atoms with Crippen molar-refractivity contribution < 1.29 is 24.1 Å². The average molecular weight is 344 g/mol. The predicted octanol–water partition coefficient (Wildman–Crippen LogP) is 2.40. The van der Waals surface area contributed by atoms with E-state index in [9.17, 15) is 4.79 Å². The van der Waals surface area contributed by atoms with E-state index in [-0.39, 0.29) is 25.1 Å². The number of hydrogen-bond acceptors (Lipinski definition) is 5. The normalized spacial score (nSPS) is 17.6. The zero-order valence-electron chi connectivity index (χ0n) is 12.9. The van der Waals surface area contributed by atoms with E-state index in [1.54, 1.807) is 0 Å². The molecular formula is C16H22ClNO5. The third-order valence-electron chi connectivity index (χ3n) is 4.17. The van der Waals surface area contributed by atoms with Gasteiger partial charge in [-0.1, -0.05) is 0 Å². The summed E-state index contributed by atoms with van der Waals surface area (Å²) in [6, 6.07) is 5.58. The van der Waals surface area contributed by atoms with Gasteiger partial charge in [0.05, 0.1) is 12.5 Å². The van der Waals surface area contributed by atoms with Crippen LogP contribution in [0.2, 0.25) is 0 Å². The molecule has 1 N–H and O–H groups in total. The first-order valence-electron chi connectivity index (χ1n) is 7.70. The molecule has 0 aromatic heterocycles. The van der Waals surface area contributed by atoms with Crippen LogP contribution in [0.4, 0.5) is 0 Å². The SMILES string of the molecule is Cl.O=C(O)C1CCN(CCCOc2ccc3c(c2)OCO3)CC1. The van der Waals surface area contributed by atoms with Crippen LogP contribution in [0.25, 0.3) is 0 Å². The van der Waals surface area contributed by atoms with E-state index in [0.717, 1.165) is 56.1 Å². The summed E-state index contributed by atoms with van der Waals surface area (Å²) >= 11 is 0. The van der Waals surface area contributed by atoms with Gasteiger partial charge >= 0.3 is 5.97 Å². The summed E-state index contributed by atoms with van der Waals surface area (Å²) in [6.07, 6.45) is 2.42. The second-order valence-corrected chi connectivity index (χ2v) is 5.67. The summed E-state index contributed by atoms with van der Waals surface area (Å²) in [5, 5.41) is 8.97. The molecule has 2 aliphatic heterocycles. The Balaban J connectivity index is 0.00000192. The lowest BCUT2D eigenvalue weighted by molar-refractivity contribution is -0.143. The van der Waals surface area contributed by atoms with Crippen LogP contribution in [0, 0.1) is 5.92 Å². The van der Waals surface area contributed by atoms with E-state index < -0.39 is 5.97 Å². The summed E-state index contributed by atoms with van der Waals surface area (Å²) in [6.45, 7) is 3.57. The topological polar surface area (TPSA) is 68.2 Å². The minimum atomic E-state index is -0.661. The van der Waals surface area contributed by atoms with Crippen molar-refractivity contribution in [2.24, 2.45) is 5.92 Å². The molecule has 0 saturated carbocycles. The van der Waals surface area contributed by atoms with E-state index >= 15 is 0 Å². The van der Waals surface area contributed by atoms with Gasteiger partial charge in [0.2, 0.25) is 6.79 Å². The number of fused-ring (bicyclic) bond motifs is 1. The smallest absolute Gasteiger partial charge is 0.306 e. The number of carboxylic acids is 1. The Morgan fingerprint density at radius 1 is 1.26 bits per heavy atom. The average Bonchev–Trinajstić information content (AvgIpc) is 2.99. The number of hydrogen-bond donors (Lipinski definition) is 1. The zero-order valence-corrected chi connectivity index (χ0v) is 13.7. The first kappa shape index (κ1) is 17.7. The van der Waals surface area contributed by atoms with Crippen LogP contribution < -0.4 is 14.2 Å². The second kappa shape index (κ2) is 8.26. The second-order valence-electron chi connectivity index (χ2n) is 5.67. The van der Waals surface area contributed by atoms with Crippen LogP contribution in [0.5, 0.6) is 17.2 Å². The molecule has 1 saturated heterocycles. The quantitative estimate of drug-likeness (QED) is 0.800. The summed E-state index contributed by atoms with van der Waals surface area (Å²) < 4.78 is 16.3. The van der Waals surface area contributed by atoms with E-state index in [2.05, 4.69) is 4.90 Å². The van der Waals surface area contributed by atoms with E-state index in [0.29, 0.717) is 6.61 Å². The molecule has 128 valence electrons. The first-order valence-corrected chi connectivity index (χ1v) is 7.70. The lowest BCUT2D eigenvalue weighted by Gasteiger charge is -2.29. The number of rotatable bonds is 6. The highest BCUT2D eigenvalue weighted by atomic mass is 35.5. The molecule has 0 radical (unpaired) electrons. The number of benzene rings is 1. The van der Waals surface area contributed by atoms with Gasteiger partial charge in [-0.15, -0.1) is 12.4 Å². The van der Waals surface area contributed by atoms with Crippen molar-refractivity contribution in [3.8, 4) is 17.2 Å². The number of piperidine rings is 1. The molecule has 0 unspecified atom stereocenters. The Hall–Kier alpha value is -1.66. The van der Waals surface area contributed by atoms with Crippen molar-refractivity contribution in [3.05, 3.63) is 18.2 Å². The molecule has 1 aromatic rings. The molecule has 0 bridgehead atoms. The minimum absolute atomic E-state index is 0. The molecule has 0 amide bonds. The number of ether oxygens (including phenoxy) is 3. The van der Waals surface area contributed by atoms with Crippen LogP contribution in [0.1, 0.15) is 19.3 Å². The highest BCUT2D eigenvalue weighted by molar-refractivity contribution is 5.85. The number of aliphatic carboxylic acids is 1. The number of halogens is 1. The molecule has 23 heavy (non-hydrogen) atoms. The maximum Gasteiger partial charge on any atom is 0.306 e. The molecule has 0 atom stereocenters. The molecule has 0 spiro atoms. The summed E-state index contributed by atoms with van der Waals surface area (Å²) in [7, 11) is 0. The Labute approximate surface area is 141 Å². The standard InChI is InChI=1S/C16H21NO5.ClH/c18-16(19)12-4-7-17(8-5-12)6-1-9-20-13-2-3-14-15(10-13)22-11-21-14;/h2-3,10,12H,1,4-9,11H2,(H,18,19);1H. The van der Waals surface area contributed by atoms with Gasteiger partial charge < -0.3 is 24.2 Å². The summed E-state index contributed by atoms with van der Waals surface area (Å²) in [5.41, 5.74) is 0. The van der Waals surface area contributed by atoms with Gasteiger partial charge in [-0.3, -0.25) is 4.79 Å². The number of likely N-dealkylation sites (tertiary alicyclic amines) is 1. The largest absolute Gasteiger partial charge is 0.493 e. The molecule has 3 rings (SSSR count). The van der Waals surface area contributed by atoms with Crippen molar-refractivity contribution in [2.45, 2.75) is 19.3 Å². The molecular weight excluding hydrogens is 322 g/mol. The third kappa shape index (κ3) is 4.65. The van der Waals surface area contributed by atoms with Gasteiger partial charge in [0.15, 0.2) is 11.5 Å². The Kier molecular flexibility index (Phi) is 6.36. The predicted molar refractivity (Wildman–Crippen MR) is 86.7 cm³/mol. The van der Waals surface area contributed by atoms with Crippen molar-refractivity contribution in [2.75, 3.05) is 33.0 Å². The van der Waals surface area contributed by atoms with Crippen LogP contribution in [-0.2, 0) is 4.79 Å². The first-order chi connectivity index (χ1) is 10.7. The Bertz CT molecular complexity index is 531. The Morgan fingerprint density at radius 3 is 2.74 bits per heavy atom. The fraction of sp³-hybridized carbons (Fsp3) is 0.562. The lowest BCUT2D eigenvalue weighted by atomic mass is 9.97. The van der Waals surface area contributed by atoms with Crippen LogP contribution >= 0.6 is 12.4 Å². The van der Waals surface area contributed by atoms with Crippen molar-refractivity contribution in [3.63, 3.8) is 0 Å². The highest BCUT2D eigenvalue weighted by Gasteiger charge is 2.23. The van der Waals surface area contributed by atoms with E-state index in [4.69, 9.17) is 19.3 Å². The van der Waals surface area contributed by atoms with Gasteiger partial charge in [-0.2, -0.15) is 0 Å². The maximum atomic E-state index is 10.9. The van der Waals surface area contributed by atoms with Crippen molar-refractivity contribution in [1.29, 1.82) is 0 Å². The molecule has 2 heterocycles. The maximum absolute atomic E-state index is 10.9. The van der Waals surface area contributed by atoms with Gasteiger partial charge in [0.25, 0.3) is 0 Å². The van der Waals surface area contributed by atoms with Crippen LogP contribution in [0.3, 0.4) is 0 Å². The number of nitrogens with zero attached hydrogens (tertiary/aromatic N) is 1. The van der Waals surface area contributed by atoms with Crippen molar-refractivity contribution in [1.82, 2.24) is 4.90 Å². The van der Waals surface area contributed by atoms with Gasteiger partial charge in [0.1, 0.15) is 5.75 Å². The van der Waals surface area contributed by atoms with E-state index in [1.165, 1.54) is 0 Å². The van der Waals surface area contributed by atoms with Crippen molar-refractivity contribution >= 4 is 18.4 Å². The highest BCUT2D eigenvalue weighted by Crippen LogP contribution is 2.35. The monoisotopic (exact) mass is 343 g/mol. The summed E-state index contributed by atoms with van der Waals surface area (Å²) in [4.78, 5) is 13.2. The van der Waals surface area contributed by atoms with Crippen LogP contribution in [-0.4, -0.2) is 49.0 Å². The third-order valence-corrected chi connectivity index (χ3v) is 4.17. The molecule has 6 nitrogen and oxygen atoms in total. The van der Waals surface area contributed by atoms with Gasteiger partial charge in [-0.25, -0.2) is 0 Å². The minimum Gasteiger partial charge on any atom is -0.493 e. The van der Waals surface area contributed by atoms with Gasteiger partial charge in [0, 0.05) is 12.6 Å². The van der Waals surface area contributed by atoms with Crippen LogP contribution in [0.15, 0.2) is 18.2 Å². The molecule has 1 aromatic carbocycles. The summed E-state index contributed by atoms with van der Waals surface area (Å²) in [5.74, 6) is 1.45. The van der Waals surface area contributed by atoms with E-state index in [1.807, 2.05) is 18.2 Å². The fourth-order valence-electron chi connectivity index (χ4n) is 2.85. The molecule has 1 fully saturated rings. The van der Waals surface area contributed by atoms with Gasteiger partial charge in [-0.05, 0) is 44.5 Å². The molecule has 2 aliphatic rings. The number of carbonyl (C=O) groups is 1. The molecule has 7 heteroatoms. The Morgan fingerprint density at radius 2 is 2.00 bits per heavy atom. The molecule has 0 aliphatic carbocycles. The number of carboxylic acid groups (broad SMARTS) is 1. The fourth-order valence-corrected chi connectivity index (χ4v) is 2.85. The zero-order chi connectivity index (χ0) is 15.4. The lowest BCUT2D eigenvalue weighted by Crippen LogP contribution is -2.37.